The zero-order valence-corrected chi connectivity index (χ0v) is 18.5. The summed E-state index contributed by atoms with van der Waals surface area (Å²) in [5.74, 6) is -3.11. The first-order valence-corrected chi connectivity index (χ1v) is 10.8. The van der Waals surface area contributed by atoms with E-state index >= 15 is 0 Å². The average molecular weight is 470 g/mol. The molecule has 0 heterocycles. The largest absolute Gasteiger partial charge is 0.508 e. The first-order valence-electron chi connectivity index (χ1n) is 10.1. The summed E-state index contributed by atoms with van der Waals surface area (Å²) in [7, 11) is 0. The maximum absolute atomic E-state index is 12.3. The monoisotopic (exact) mass is 469 g/mol. The number of carboxylic acids is 1. The molecule has 1 rings (SSSR count). The normalized spacial score (nSPS) is 13.5. The van der Waals surface area contributed by atoms with E-state index in [4.69, 9.17) is 11.5 Å². The third-order valence-corrected chi connectivity index (χ3v) is 4.92. The summed E-state index contributed by atoms with van der Waals surface area (Å²) in [5.41, 5.74) is 11.8. The molecule has 0 spiro atoms. The maximum atomic E-state index is 12.3. The van der Waals surface area contributed by atoms with Crippen LogP contribution in [-0.4, -0.2) is 70.9 Å². The lowest BCUT2D eigenvalue weighted by Crippen LogP contribution is -2.54. The van der Waals surface area contributed by atoms with E-state index in [1.807, 2.05) is 0 Å². The first kappa shape index (κ1) is 27.2. The summed E-state index contributed by atoms with van der Waals surface area (Å²) in [4.78, 5) is 48.0. The number of nitrogens with two attached hydrogens (primary N) is 2. The van der Waals surface area contributed by atoms with E-state index in [9.17, 15) is 29.4 Å². The van der Waals surface area contributed by atoms with Crippen LogP contribution in [0.3, 0.4) is 0 Å². The van der Waals surface area contributed by atoms with E-state index in [0.717, 1.165) is 6.42 Å². The van der Waals surface area contributed by atoms with Gasteiger partial charge in [-0.15, -0.1) is 0 Å². The van der Waals surface area contributed by atoms with Crippen LogP contribution >= 0.6 is 12.6 Å². The van der Waals surface area contributed by atoms with Crippen molar-refractivity contribution in [2.75, 3.05) is 18.8 Å². The van der Waals surface area contributed by atoms with Gasteiger partial charge in [0.2, 0.25) is 17.7 Å². The van der Waals surface area contributed by atoms with Gasteiger partial charge in [-0.1, -0.05) is 18.6 Å². The fraction of sp³-hybridized carbons (Fsp3) is 0.500. The van der Waals surface area contributed by atoms with Gasteiger partial charge < -0.3 is 37.6 Å². The molecule has 1 aromatic rings. The molecule has 3 atom stereocenters. The van der Waals surface area contributed by atoms with Crippen LogP contribution in [0, 0.1) is 0 Å². The Morgan fingerprint density at radius 3 is 2.22 bits per heavy atom. The number of carboxylic acid groups (broad SMARTS) is 1. The summed E-state index contributed by atoms with van der Waals surface area (Å²) in [6.45, 7) is 0.0106. The number of hydrogen-bond acceptors (Lipinski definition) is 8. The molecule has 9 N–H and O–H groups in total. The second-order valence-electron chi connectivity index (χ2n) is 7.18. The Hall–Kier alpha value is -2.83. The van der Waals surface area contributed by atoms with Crippen LogP contribution in [-0.2, 0) is 25.6 Å². The van der Waals surface area contributed by atoms with Crippen LogP contribution in [0.25, 0.3) is 0 Å². The molecule has 0 bridgehead atoms. The van der Waals surface area contributed by atoms with Crippen LogP contribution < -0.4 is 27.4 Å². The van der Waals surface area contributed by atoms with Gasteiger partial charge >= 0.3 is 5.97 Å². The molecule has 1 aromatic carbocycles. The number of hydrogen-bond donors (Lipinski definition) is 8. The highest BCUT2D eigenvalue weighted by Crippen LogP contribution is 2.11. The quantitative estimate of drug-likeness (QED) is 0.119. The number of unbranched alkanes of at least 4 members (excludes halogenated alkanes) is 1. The van der Waals surface area contributed by atoms with Gasteiger partial charge in [-0.25, -0.2) is 4.79 Å². The van der Waals surface area contributed by atoms with Crippen molar-refractivity contribution < 1.29 is 29.4 Å². The fourth-order valence-electron chi connectivity index (χ4n) is 2.72. The number of phenols is 1. The highest BCUT2D eigenvalue weighted by molar-refractivity contribution is 7.80. The molecule has 0 radical (unpaired) electrons. The number of phenolic OH excluding ortho intramolecular Hbond substituents is 1. The molecule has 3 amide bonds. The minimum atomic E-state index is -1.25. The number of thiol groups is 1. The number of amides is 3. The van der Waals surface area contributed by atoms with Crippen molar-refractivity contribution in [1.29, 1.82) is 0 Å². The summed E-state index contributed by atoms with van der Waals surface area (Å²) in [5, 5.41) is 25.8. The predicted molar refractivity (Wildman–Crippen MR) is 121 cm³/mol. The van der Waals surface area contributed by atoms with Gasteiger partial charge in [0.1, 0.15) is 17.8 Å². The predicted octanol–water partition coefficient (Wildman–Crippen LogP) is -1.51. The van der Waals surface area contributed by atoms with Gasteiger partial charge in [-0.2, -0.15) is 12.6 Å². The van der Waals surface area contributed by atoms with Gasteiger partial charge in [0.25, 0.3) is 0 Å². The number of benzene rings is 1. The van der Waals surface area contributed by atoms with E-state index < -0.39 is 48.4 Å². The summed E-state index contributed by atoms with van der Waals surface area (Å²) < 4.78 is 0. The first-order chi connectivity index (χ1) is 15.2. The third kappa shape index (κ3) is 9.98. The van der Waals surface area contributed by atoms with Gasteiger partial charge in [0, 0.05) is 12.2 Å². The minimum Gasteiger partial charge on any atom is -0.508 e. The lowest BCUT2D eigenvalue weighted by molar-refractivity contribution is -0.141. The molecule has 0 aliphatic heterocycles. The third-order valence-electron chi connectivity index (χ3n) is 4.55. The standard InChI is InChI=1S/C20H31N5O6S/c21-8-2-1-3-14(22)18(28)25-16(11-32)19(29)23-10-17(27)24-15(20(30)31)9-12-4-6-13(26)7-5-12/h4-7,14-16,26,32H,1-3,8-11,21-22H2,(H,23,29)(H,24,27)(H,25,28)(H,30,31). The van der Waals surface area contributed by atoms with Gasteiger partial charge in [-0.05, 0) is 37.1 Å². The van der Waals surface area contributed by atoms with Crippen molar-refractivity contribution in [3.63, 3.8) is 0 Å². The summed E-state index contributed by atoms with van der Waals surface area (Å²) in [6, 6.07) is 2.87. The van der Waals surface area contributed by atoms with E-state index in [1.54, 1.807) is 12.1 Å². The average Bonchev–Trinajstić information content (AvgIpc) is 2.76. The van der Waals surface area contributed by atoms with Crippen LogP contribution in [0.2, 0.25) is 0 Å². The highest BCUT2D eigenvalue weighted by Gasteiger charge is 2.24. The van der Waals surface area contributed by atoms with Crippen molar-refractivity contribution in [2.24, 2.45) is 11.5 Å². The van der Waals surface area contributed by atoms with E-state index in [2.05, 4.69) is 28.6 Å². The molecule has 3 unspecified atom stereocenters. The Morgan fingerprint density at radius 1 is 1.00 bits per heavy atom. The number of aliphatic carboxylic acids is 1. The van der Waals surface area contributed by atoms with Crippen LogP contribution in [0.4, 0.5) is 0 Å². The molecule has 0 aromatic heterocycles. The number of rotatable bonds is 14. The number of carbonyl (C=O) groups excluding carboxylic acids is 3. The molecular formula is C20H31N5O6S. The molecule has 0 fully saturated rings. The summed E-state index contributed by atoms with van der Waals surface area (Å²) >= 11 is 4.04. The molecule has 178 valence electrons. The summed E-state index contributed by atoms with van der Waals surface area (Å²) in [6.07, 6.45) is 1.82. The lowest BCUT2D eigenvalue weighted by Gasteiger charge is -2.19. The molecule has 0 saturated heterocycles. The second-order valence-corrected chi connectivity index (χ2v) is 7.55. The van der Waals surface area contributed by atoms with Crippen molar-refractivity contribution in [3.8, 4) is 5.75 Å². The topological polar surface area (TPSA) is 197 Å². The van der Waals surface area contributed by atoms with Crippen molar-refractivity contribution in [1.82, 2.24) is 16.0 Å². The Kier molecular flexibility index (Phi) is 12.1. The molecule has 11 nitrogen and oxygen atoms in total. The lowest BCUT2D eigenvalue weighted by atomic mass is 10.1. The van der Waals surface area contributed by atoms with Crippen molar-refractivity contribution in [3.05, 3.63) is 29.8 Å². The minimum absolute atomic E-state index is 0.00727. The van der Waals surface area contributed by atoms with E-state index in [-0.39, 0.29) is 17.9 Å². The molecule has 0 aliphatic rings. The number of carbonyl (C=O) groups is 4. The SMILES string of the molecule is NCCCCC(N)C(=O)NC(CS)C(=O)NCC(=O)NC(Cc1ccc(O)cc1)C(=O)O. The Morgan fingerprint density at radius 2 is 1.66 bits per heavy atom. The molecule has 12 heteroatoms. The number of aromatic hydroxyl groups is 1. The second kappa shape index (κ2) is 14.3. The van der Waals surface area contributed by atoms with Gasteiger partial charge in [-0.3, -0.25) is 14.4 Å². The Labute approximate surface area is 191 Å². The van der Waals surface area contributed by atoms with Crippen LogP contribution in [0.15, 0.2) is 24.3 Å². The Bertz CT molecular complexity index is 776. The van der Waals surface area contributed by atoms with E-state index in [1.165, 1.54) is 12.1 Å². The van der Waals surface area contributed by atoms with Gasteiger partial charge in [0.15, 0.2) is 0 Å². The highest BCUT2D eigenvalue weighted by atomic mass is 32.1. The molecule has 32 heavy (non-hydrogen) atoms. The molecule has 0 aliphatic carbocycles. The van der Waals surface area contributed by atoms with Crippen LogP contribution in [0.1, 0.15) is 24.8 Å². The zero-order valence-electron chi connectivity index (χ0n) is 17.6. The van der Waals surface area contributed by atoms with Gasteiger partial charge in [0.05, 0.1) is 12.6 Å². The van der Waals surface area contributed by atoms with E-state index in [0.29, 0.717) is 24.9 Å². The van der Waals surface area contributed by atoms with Crippen molar-refractivity contribution >= 4 is 36.3 Å². The fourth-order valence-corrected chi connectivity index (χ4v) is 2.97. The van der Waals surface area contributed by atoms with Crippen LogP contribution in [0.5, 0.6) is 5.75 Å². The maximum Gasteiger partial charge on any atom is 0.326 e. The zero-order chi connectivity index (χ0) is 24.1. The van der Waals surface area contributed by atoms with Crippen molar-refractivity contribution in [2.45, 2.75) is 43.8 Å². The molecule has 0 saturated carbocycles. The smallest absolute Gasteiger partial charge is 0.326 e. The molecular weight excluding hydrogens is 438 g/mol. The Balaban J connectivity index is 2.53. The number of nitrogens with one attached hydrogen (secondary N) is 3.